The number of sulfonamides is 1. The lowest BCUT2D eigenvalue weighted by molar-refractivity contribution is -0.136. The first-order chi connectivity index (χ1) is 16.8. The molecular formula is C26H35N3O5S. The molecule has 2 saturated heterocycles. The van der Waals surface area contributed by atoms with Crippen molar-refractivity contribution in [1.82, 2.24) is 14.1 Å². The van der Waals surface area contributed by atoms with Crippen molar-refractivity contribution in [3.63, 3.8) is 0 Å². The molecule has 35 heavy (non-hydrogen) atoms. The van der Waals surface area contributed by atoms with Gasteiger partial charge in [-0.2, -0.15) is 4.31 Å². The van der Waals surface area contributed by atoms with Crippen LogP contribution in [-0.2, 0) is 14.8 Å². The monoisotopic (exact) mass is 501 g/mol. The van der Waals surface area contributed by atoms with Crippen molar-refractivity contribution < 1.29 is 22.7 Å². The molecule has 0 aromatic heterocycles. The summed E-state index contributed by atoms with van der Waals surface area (Å²) in [7, 11) is -0.00754. The van der Waals surface area contributed by atoms with Crippen molar-refractivity contribution in [3.8, 4) is 11.5 Å². The molecule has 4 rings (SSSR count). The zero-order valence-electron chi connectivity index (χ0n) is 20.6. The molecule has 1 amide bonds. The fourth-order valence-electron chi connectivity index (χ4n) is 4.71. The highest BCUT2D eigenvalue weighted by molar-refractivity contribution is 7.89. The Morgan fingerprint density at radius 1 is 0.886 bits per heavy atom. The van der Waals surface area contributed by atoms with Gasteiger partial charge in [-0.1, -0.05) is 18.2 Å². The Hall–Kier alpha value is -2.62. The van der Waals surface area contributed by atoms with Crippen LogP contribution in [0.5, 0.6) is 11.5 Å². The minimum Gasteiger partial charge on any atom is -0.497 e. The van der Waals surface area contributed by atoms with Gasteiger partial charge in [0, 0.05) is 51.1 Å². The van der Waals surface area contributed by atoms with Gasteiger partial charge in [0.1, 0.15) is 11.5 Å². The smallest absolute Gasteiger partial charge is 0.243 e. The topological polar surface area (TPSA) is 79.4 Å². The summed E-state index contributed by atoms with van der Waals surface area (Å²) in [6.45, 7) is 4.27. The van der Waals surface area contributed by atoms with E-state index in [0.717, 1.165) is 31.9 Å². The Morgan fingerprint density at radius 2 is 1.51 bits per heavy atom. The number of hydrogen-bond donors (Lipinski definition) is 0. The Bertz CT molecular complexity index is 1080. The normalized spacial score (nSPS) is 19.3. The van der Waals surface area contributed by atoms with E-state index >= 15 is 0 Å². The number of methoxy groups -OCH3 is 1. The molecule has 2 aromatic rings. The molecule has 2 aliphatic heterocycles. The maximum atomic E-state index is 13.3. The van der Waals surface area contributed by atoms with Gasteiger partial charge < -0.3 is 19.3 Å². The largest absolute Gasteiger partial charge is 0.497 e. The molecule has 0 spiro atoms. The predicted octanol–water partition coefficient (Wildman–Crippen LogP) is 2.71. The lowest BCUT2D eigenvalue weighted by atomic mass is 9.76. The summed E-state index contributed by atoms with van der Waals surface area (Å²) in [5, 5.41) is 0. The molecule has 0 N–H and O–H groups in total. The van der Waals surface area contributed by atoms with Gasteiger partial charge in [0.25, 0.3) is 0 Å². The van der Waals surface area contributed by atoms with Crippen LogP contribution < -0.4 is 9.47 Å². The molecule has 9 heteroatoms. The number of likely N-dealkylation sites (N-methyl/N-ethyl adjacent to an activating group) is 1. The number of benzene rings is 2. The van der Waals surface area contributed by atoms with E-state index in [2.05, 4.69) is 11.9 Å². The molecule has 0 unspecified atom stereocenters. The molecule has 0 bridgehead atoms. The number of piperidine rings is 1. The summed E-state index contributed by atoms with van der Waals surface area (Å²) >= 11 is 0. The minimum absolute atomic E-state index is 0.126. The average molecular weight is 502 g/mol. The SMILES string of the molecule is COc1ccc(S(=O)(=O)N2CCC(COc3ccccc3)(CC(=O)N3CCN(C)CC3)CC2)cc1. The first-order valence-electron chi connectivity index (χ1n) is 12.1. The number of ether oxygens (including phenoxy) is 2. The fraction of sp³-hybridized carbons (Fsp3) is 0.500. The zero-order valence-corrected chi connectivity index (χ0v) is 21.4. The van der Waals surface area contributed by atoms with Gasteiger partial charge >= 0.3 is 0 Å². The molecule has 2 aliphatic rings. The Morgan fingerprint density at radius 3 is 2.11 bits per heavy atom. The highest BCUT2D eigenvalue weighted by atomic mass is 32.2. The summed E-state index contributed by atoms with van der Waals surface area (Å²) < 4.78 is 39.3. The number of rotatable bonds is 8. The van der Waals surface area contributed by atoms with Crippen molar-refractivity contribution in [1.29, 1.82) is 0 Å². The van der Waals surface area contributed by atoms with E-state index in [-0.39, 0.29) is 10.8 Å². The molecule has 2 heterocycles. The second kappa shape index (κ2) is 11.0. The number of hydrogen-bond acceptors (Lipinski definition) is 6. The van der Waals surface area contributed by atoms with Gasteiger partial charge in [-0.25, -0.2) is 8.42 Å². The summed E-state index contributed by atoms with van der Waals surface area (Å²) in [5.41, 5.74) is -0.414. The van der Waals surface area contributed by atoms with E-state index in [1.54, 1.807) is 31.4 Å². The number of para-hydroxylation sites is 1. The van der Waals surface area contributed by atoms with Crippen LogP contribution in [0.25, 0.3) is 0 Å². The summed E-state index contributed by atoms with van der Waals surface area (Å²) in [6, 6.07) is 16.0. The second-order valence-corrected chi connectivity index (χ2v) is 11.5. The lowest BCUT2D eigenvalue weighted by Gasteiger charge is -2.42. The Balaban J connectivity index is 1.47. The molecular weight excluding hydrogens is 466 g/mol. The van der Waals surface area contributed by atoms with Gasteiger partial charge in [0.15, 0.2) is 0 Å². The molecule has 190 valence electrons. The minimum atomic E-state index is -3.62. The van der Waals surface area contributed by atoms with E-state index in [1.165, 1.54) is 4.31 Å². The highest BCUT2D eigenvalue weighted by Gasteiger charge is 2.41. The van der Waals surface area contributed by atoms with Crippen LogP contribution in [0.4, 0.5) is 0 Å². The maximum Gasteiger partial charge on any atom is 0.243 e. The molecule has 0 radical (unpaired) electrons. The van der Waals surface area contributed by atoms with Crippen LogP contribution >= 0.6 is 0 Å². The molecule has 0 aliphatic carbocycles. The number of piperazine rings is 1. The number of carbonyl (C=O) groups is 1. The van der Waals surface area contributed by atoms with Crippen molar-refractivity contribution in [2.75, 3.05) is 60.0 Å². The van der Waals surface area contributed by atoms with Crippen molar-refractivity contribution in [2.45, 2.75) is 24.2 Å². The van der Waals surface area contributed by atoms with Crippen LogP contribution in [0.3, 0.4) is 0 Å². The van der Waals surface area contributed by atoms with Crippen molar-refractivity contribution in [3.05, 3.63) is 54.6 Å². The van der Waals surface area contributed by atoms with Crippen LogP contribution in [0.15, 0.2) is 59.5 Å². The van der Waals surface area contributed by atoms with E-state index < -0.39 is 15.4 Å². The molecule has 2 aromatic carbocycles. The quantitative estimate of drug-likeness (QED) is 0.554. The lowest BCUT2D eigenvalue weighted by Crippen LogP contribution is -2.51. The summed E-state index contributed by atoms with van der Waals surface area (Å²) in [4.78, 5) is 17.7. The second-order valence-electron chi connectivity index (χ2n) is 9.54. The number of nitrogens with zero attached hydrogens (tertiary/aromatic N) is 3. The van der Waals surface area contributed by atoms with Crippen LogP contribution in [0.2, 0.25) is 0 Å². The molecule has 8 nitrogen and oxygen atoms in total. The van der Waals surface area contributed by atoms with Gasteiger partial charge in [-0.05, 0) is 56.3 Å². The van der Waals surface area contributed by atoms with Crippen molar-refractivity contribution >= 4 is 15.9 Å². The standard InChI is InChI=1S/C26H35N3O5S/c1-27-16-18-28(19-17-27)25(30)20-26(21-34-23-6-4-3-5-7-23)12-14-29(15-13-26)35(31,32)24-10-8-22(33-2)9-11-24/h3-11H,12-21H2,1-2H3. The van der Waals surface area contributed by atoms with E-state index in [9.17, 15) is 13.2 Å². The van der Waals surface area contributed by atoms with Crippen LogP contribution in [0.1, 0.15) is 19.3 Å². The highest BCUT2D eigenvalue weighted by Crippen LogP contribution is 2.38. The average Bonchev–Trinajstić information content (AvgIpc) is 2.89. The van der Waals surface area contributed by atoms with Crippen LogP contribution in [0, 0.1) is 5.41 Å². The third kappa shape index (κ3) is 6.15. The third-order valence-corrected chi connectivity index (χ3v) is 9.06. The van der Waals surface area contributed by atoms with E-state index in [0.29, 0.717) is 44.7 Å². The van der Waals surface area contributed by atoms with Crippen LogP contribution in [-0.4, -0.2) is 88.5 Å². The summed E-state index contributed by atoms with van der Waals surface area (Å²) in [6.07, 6.45) is 1.49. The third-order valence-electron chi connectivity index (χ3n) is 7.15. The first-order valence-corrected chi connectivity index (χ1v) is 13.5. The zero-order chi connectivity index (χ0) is 24.9. The van der Waals surface area contributed by atoms with E-state index in [4.69, 9.17) is 9.47 Å². The fourth-order valence-corrected chi connectivity index (χ4v) is 6.15. The summed E-state index contributed by atoms with van der Waals surface area (Å²) in [5.74, 6) is 1.50. The van der Waals surface area contributed by atoms with Gasteiger partial charge in [-0.15, -0.1) is 0 Å². The first kappa shape index (κ1) is 25.5. The van der Waals surface area contributed by atoms with Gasteiger partial charge in [0.2, 0.25) is 15.9 Å². The van der Waals surface area contributed by atoms with Crippen molar-refractivity contribution in [2.24, 2.45) is 5.41 Å². The van der Waals surface area contributed by atoms with E-state index in [1.807, 2.05) is 35.2 Å². The number of amides is 1. The molecule has 2 fully saturated rings. The Kier molecular flexibility index (Phi) is 7.98. The maximum absolute atomic E-state index is 13.3. The van der Waals surface area contributed by atoms with Gasteiger partial charge in [0.05, 0.1) is 18.6 Å². The molecule has 0 atom stereocenters. The van der Waals surface area contributed by atoms with Gasteiger partial charge in [-0.3, -0.25) is 4.79 Å². The molecule has 0 saturated carbocycles. The number of carbonyl (C=O) groups excluding carboxylic acids is 1. The Labute approximate surface area is 208 Å². The predicted molar refractivity (Wildman–Crippen MR) is 134 cm³/mol.